The van der Waals surface area contributed by atoms with Gasteiger partial charge in [0.05, 0.1) is 16.9 Å². The van der Waals surface area contributed by atoms with Crippen molar-refractivity contribution in [3.8, 4) is 6.07 Å². The maximum atomic E-state index is 9.31. The summed E-state index contributed by atoms with van der Waals surface area (Å²) >= 11 is 5.82. The predicted molar refractivity (Wildman–Crippen MR) is 77.6 cm³/mol. The van der Waals surface area contributed by atoms with Gasteiger partial charge in [-0.05, 0) is 37.5 Å². The molecule has 0 saturated carbocycles. The summed E-state index contributed by atoms with van der Waals surface area (Å²) in [4.78, 5) is 2.24. The van der Waals surface area contributed by atoms with E-state index in [1.54, 1.807) is 7.11 Å². The minimum absolute atomic E-state index is 0.129. The van der Waals surface area contributed by atoms with Crippen LogP contribution in [0.4, 0.5) is 5.69 Å². The molecule has 0 spiro atoms. The van der Waals surface area contributed by atoms with E-state index >= 15 is 0 Å². The van der Waals surface area contributed by atoms with E-state index in [0.717, 1.165) is 37.2 Å². The zero-order chi connectivity index (χ0) is 13.9. The molecule has 0 amide bonds. The number of hydrogen-bond acceptors (Lipinski definition) is 3. The van der Waals surface area contributed by atoms with Crippen LogP contribution in [0.15, 0.2) is 18.2 Å². The Morgan fingerprint density at radius 3 is 2.95 bits per heavy atom. The van der Waals surface area contributed by atoms with Crippen LogP contribution in [0, 0.1) is 11.3 Å². The molecule has 0 bridgehead atoms. The number of hydrogen-bond donors (Lipinski definition) is 0. The Hall–Kier alpha value is -1.24. The van der Waals surface area contributed by atoms with Crippen LogP contribution in [0.2, 0.25) is 0 Å². The highest BCUT2D eigenvalue weighted by Gasteiger charge is 2.31. The minimum atomic E-state index is -0.129. The van der Waals surface area contributed by atoms with Gasteiger partial charge in [-0.3, -0.25) is 0 Å². The van der Waals surface area contributed by atoms with Gasteiger partial charge in [0.15, 0.2) is 0 Å². The topological polar surface area (TPSA) is 36.3 Å². The third-order valence-corrected chi connectivity index (χ3v) is 4.14. The number of rotatable bonds is 3. The van der Waals surface area contributed by atoms with Crippen molar-refractivity contribution in [2.45, 2.75) is 31.2 Å². The summed E-state index contributed by atoms with van der Waals surface area (Å²) in [5.74, 6) is 0.435. The highest BCUT2D eigenvalue weighted by Crippen LogP contribution is 2.30. The molecular formula is C15H19ClN2O. The average Bonchev–Trinajstić information content (AvgIpc) is 2.46. The number of nitrogens with zero attached hydrogens (tertiary/aromatic N) is 2. The first-order chi connectivity index (χ1) is 9.11. The number of halogens is 1. The monoisotopic (exact) mass is 278 g/mol. The summed E-state index contributed by atoms with van der Waals surface area (Å²) in [6.07, 6.45) is 2.13. The molecule has 0 aliphatic carbocycles. The van der Waals surface area contributed by atoms with E-state index in [2.05, 4.69) is 17.9 Å². The zero-order valence-electron chi connectivity index (χ0n) is 11.4. The van der Waals surface area contributed by atoms with E-state index in [4.69, 9.17) is 16.3 Å². The molecule has 1 unspecified atom stereocenters. The number of ether oxygens (including phenoxy) is 1. The second kappa shape index (κ2) is 5.81. The van der Waals surface area contributed by atoms with E-state index in [-0.39, 0.29) is 5.60 Å². The molecule has 1 aliphatic heterocycles. The van der Waals surface area contributed by atoms with Crippen molar-refractivity contribution >= 4 is 17.3 Å². The van der Waals surface area contributed by atoms with E-state index in [1.165, 1.54) is 0 Å². The lowest BCUT2D eigenvalue weighted by atomic mass is 9.93. The Morgan fingerprint density at radius 1 is 1.53 bits per heavy atom. The van der Waals surface area contributed by atoms with E-state index in [0.29, 0.717) is 11.4 Å². The maximum Gasteiger partial charge on any atom is 0.101 e. The van der Waals surface area contributed by atoms with Gasteiger partial charge in [-0.1, -0.05) is 6.07 Å². The Kier molecular flexibility index (Phi) is 4.34. The molecule has 1 aliphatic rings. The van der Waals surface area contributed by atoms with Crippen molar-refractivity contribution < 1.29 is 4.74 Å². The van der Waals surface area contributed by atoms with Gasteiger partial charge in [0.2, 0.25) is 0 Å². The van der Waals surface area contributed by atoms with Gasteiger partial charge >= 0.3 is 0 Å². The second-order valence-electron chi connectivity index (χ2n) is 5.28. The lowest BCUT2D eigenvalue weighted by Crippen LogP contribution is -2.47. The van der Waals surface area contributed by atoms with E-state index in [9.17, 15) is 5.26 Å². The molecule has 0 radical (unpaired) electrons. The lowest BCUT2D eigenvalue weighted by Gasteiger charge is -2.41. The van der Waals surface area contributed by atoms with Gasteiger partial charge in [0.25, 0.3) is 0 Å². The summed E-state index contributed by atoms with van der Waals surface area (Å²) in [5.41, 5.74) is 2.53. The van der Waals surface area contributed by atoms with Crippen molar-refractivity contribution in [3.63, 3.8) is 0 Å². The third kappa shape index (κ3) is 3.02. The second-order valence-corrected chi connectivity index (χ2v) is 5.54. The van der Waals surface area contributed by atoms with Crippen LogP contribution >= 0.6 is 11.6 Å². The number of anilines is 1. The smallest absolute Gasteiger partial charge is 0.101 e. The Labute approximate surface area is 119 Å². The van der Waals surface area contributed by atoms with E-state index in [1.807, 2.05) is 18.2 Å². The number of piperidine rings is 1. The van der Waals surface area contributed by atoms with Crippen molar-refractivity contribution in [1.29, 1.82) is 5.26 Å². The maximum absolute atomic E-state index is 9.31. The van der Waals surface area contributed by atoms with Gasteiger partial charge in [0, 0.05) is 26.1 Å². The fraction of sp³-hybridized carbons (Fsp3) is 0.533. The highest BCUT2D eigenvalue weighted by atomic mass is 35.5. The minimum Gasteiger partial charge on any atom is -0.377 e. The SMILES string of the molecule is COC1(C)CCCN(c2ccc(CCl)cc2C#N)C1. The number of nitriles is 1. The summed E-state index contributed by atoms with van der Waals surface area (Å²) in [6, 6.07) is 8.13. The molecule has 1 heterocycles. The van der Waals surface area contributed by atoms with Crippen molar-refractivity contribution in [2.75, 3.05) is 25.1 Å². The molecule has 0 aromatic heterocycles. The summed E-state index contributed by atoms with van der Waals surface area (Å²) in [5, 5.41) is 9.31. The molecular weight excluding hydrogens is 260 g/mol. The Bertz CT molecular complexity index is 497. The first-order valence-corrected chi connectivity index (χ1v) is 7.04. The lowest BCUT2D eigenvalue weighted by molar-refractivity contribution is -0.00466. The summed E-state index contributed by atoms with van der Waals surface area (Å²) in [6.45, 7) is 3.91. The van der Waals surface area contributed by atoms with Gasteiger partial charge < -0.3 is 9.64 Å². The number of alkyl halides is 1. The summed E-state index contributed by atoms with van der Waals surface area (Å²) < 4.78 is 5.60. The zero-order valence-corrected chi connectivity index (χ0v) is 12.2. The standard InChI is InChI=1S/C15H19ClN2O/c1-15(19-2)6-3-7-18(11-15)14-5-4-12(9-16)8-13(14)10-17/h4-5,8H,3,6-7,9,11H2,1-2H3. The van der Waals surface area contributed by atoms with Crippen LogP contribution in [0.25, 0.3) is 0 Å². The molecule has 19 heavy (non-hydrogen) atoms. The summed E-state index contributed by atoms with van der Waals surface area (Å²) in [7, 11) is 1.76. The molecule has 0 N–H and O–H groups in total. The third-order valence-electron chi connectivity index (χ3n) is 3.83. The van der Waals surface area contributed by atoms with Gasteiger partial charge in [-0.15, -0.1) is 11.6 Å². The van der Waals surface area contributed by atoms with Crippen molar-refractivity contribution in [3.05, 3.63) is 29.3 Å². The van der Waals surface area contributed by atoms with Crippen LogP contribution in [0.3, 0.4) is 0 Å². The average molecular weight is 279 g/mol. The Morgan fingerprint density at radius 2 is 2.32 bits per heavy atom. The number of methoxy groups -OCH3 is 1. The first kappa shape index (κ1) is 14.2. The van der Waals surface area contributed by atoms with Crippen LogP contribution < -0.4 is 4.90 Å². The van der Waals surface area contributed by atoms with Gasteiger partial charge in [0.1, 0.15) is 6.07 Å². The predicted octanol–water partition coefficient (Wildman–Crippen LogP) is 3.30. The van der Waals surface area contributed by atoms with Crippen LogP contribution in [0.5, 0.6) is 0 Å². The van der Waals surface area contributed by atoms with Gasteiger partial charge in [-0.25, -0.2) is 0 Å². The molecule has 4 heteroatoms. The van der Waals surface area contributed by atoms with Crippen molar-refractivity contribution in [1.82, 2.24) is 0 Å². The molecule has 102 valence electrons. The molecule has 2 rings (SSSR count). The fourth-order valence-electron chi connectivity index (χ4n) is 2.61. The van der Waals surface area contributed by atoms with Crippen LogP contribution in [-0.4, -0.2) is 25.8 Å². The Balaban J connectivity index is 2.29. The molecule has 1 aromatic carbocycles. The van der Waals surface area contributed by atoms with Crippen LogP contribution in [0.1, 0.15) is 30.9 Å². The molecule has 1 aromatic rings. The molecule has 1 fully saturated rings. The fourth-order valence-corrected chi connectivity index (χ4v) is 2.78. The quantitative estimate of drug-likeness (QED) is 0.796. The molecule has 1 atom stereocenters. The molecule has 1 saturated heterocycles. The van der Waals surface area contributed by atoms with Gasteiger partial charge in [-0.2, -0.15) is 5.26 Å². The number of benzene rings is 1. The first-order valence-electron chi connectivity index (χ1n) is 6.51. The van der Waals surface area contributed by atoms with Crippen LogP contribution in [-0.2, 0) is 10.6 Å². The normalized spacial score (nSPS) is 23.2. The van der Waals surface area contributed by atoms with E-state index < -0.39 is 0 Å². The highest BCUT2D eigenvalue weighted by molar-refractivity contribution is 6.17. The molecule has 3 nitrogen and oxygen atoms in total. The largest absolute Gasteiger partial charge is 0.377 e. The van der Waals surface area contributed by atoms with Crippen molar-refractivity contribution in [2.24, 2.45) is 0 Å².